The van der Waals surface area contributed by atoms with Crippen LogP contribution >= 0.6 is 0 Å². The van der Waals surface area contributed by atoms with Crippen LogP contribution in [0.15, 0.2) is 0 Å². The van der Waals surface area contributed by atoms with Gasteiger partial charge in [-0.2, -0.15) is 0 Å². The van der Waals surface area contributed by atoms with E-state index >= 15 is 0 Å². The molecule has 3 atom stereocenters. The van der Waals surface area contributed by atoms with Crippen LogP contribution in [-0.4, -0.2) is 35.7 Å². The minimum absolute atomic E-state index is 0.0323. The second-order valence-corrected chi connectivity index (χ2v) is 4.69. The quantitative estimate of drug-likeness (QED) is 0.652. The summed E-state index contributed by atoms with van der Waals surface area (Å²) in [6.07, 6.45) is 4.02. The highest BCUT2D eigenvalue weighted by atomic mass is 16.3. The van der Waals surface area contributed by atoms with Gasteiger partial charge in [0.15, 0.2) is 0 Å². The first kappa shape index (κ1) is 13.5. The molecule has 1 aliphatic rings. The van der Waals surface area contributed by atoms with Crippen molar-refractivity contribution in [2.24, 2.45) is 0 Å². The maximum Gasteiger partial charge on any atom is 0.221 e. The molecule has 0 aromatic carbocycles. The van der Waals surface area contributed by atoms with Gasteiger partial charge in [-0.15, -0.1) is 0 Å². The zero-order valence-corrected chi connectivity index (χ0v) is 10.3. The molecule has 1 rings (SSSR count). The molecule has 0 aromatic rings. The van der Waals surface area contributed by atoms with Gasteiger partial charge < -0.3 is 15.7 Å². The first-order valence-electron chi connectivity index (χ1n) is 6.34. The zero-order valence-electron chi connectivity index (χ0n) is 10.3. The normalized spacial score (nSPS) is 27.4. The average Bonchev–Trinajstić information content (AvgIpc) is 2.21. The molecule has 0 aromatic heterocycles. The molecule has 1 fully saturated rings. The Morgan fingerprint density at radius 3 is 2.75 bits per heavy atom. The predicted octanol–water partition coefficient (Wildman–Crippen LogP) is 0.794. The molecule has 0 spiro atoms. The Kier molecular flexibility index (Phi) is 5.77. The SMILES string of the molecule is CCNC(C)CC(=O)N[C@H]1CCCC[C@@H]1O. The van der Waals surface area contributed by atoms with Crippen molar-refractivity contribution in [1.82, 2.24) is 10.6 Å². The molecule has 4 nitrogen and oxygen atoms in total. The smallest absolute Gasteiger partial charge is 0.221 e. The standard InChI is InChI=1S/C12H24N2O2/c1-3-13-9(2)8-12(16)14-10-6-4-5-7-11(10)15/h9-11,13,15H,3-8H2,1-2H3,(H,14,16)/t9?,10-,11-/m0/s1. The summed E-state index contributed by atoms with van der Waals surface area (Å²) in [7, 11) is 0. The van der Waals surface area contributed by atoms with Crippen LogP contribution in [0.3, 0.4) is 0 Å². The van der Waals surface area contributed by atoms with E-state index in [-0.39, 0.29) is 24.1 Å². The number of aliphatic hydroxyl groups excluding tert-OH is 1. The lowest BCUT2D eigenvalue weighted by Crippen LogP contribution is -2.46. The van der Waals surface area contributed by atoms with Gasteiger partial charge in [0.1, 0.15) is 0 Å². The molecule has 4 heteroatoms. The summed E-state index contributed by atoms with van der Waals surface area (Å²) < 4.78 is 0. The number of amides is 1. The molecule has 1 saturated carbocycles. The monoisotopic (exact) mass is 228 g/mol. The fourth-order valence-corrected chi connectivity index (χ4v) is 2.24. The predicted molar refractivity (Wildman–Crippen MR) is 64.2 cm³/mol. The number of rotatable bonds is 5. The van der Waals surface area contributed by atoms with Crippen molar-refractivity contribution in [3.8, 4) is 0 Å². The molecule has 0 aliphatic heterocycles. The molecule has 0 bridgehead atoms. The van der Waals surface area contributed by atoms with Crippen LogP contribution < -0.4 is 10.6 Å². The third kappa shape index (κ3) is 4.49. The van der Waals surface area contributed by atoms with E-state index in [1.54, 1.807) is 0 Å². The zero-order chi connectivity index (χ0) is 12.0. The van der Waals surface area contributed by atoms with Crippen LogP contribution in [0.5, 0.6) is 0 Å². The maximum absolute atomic E-state index is 11.7. The van der Waals surface area contributed by atoms with Crippen molar-refractivity contribution < 1.29 is 9.90 Å². The Labute approximate surface area is 97.8 Å². The largest absolute Gasteiger partial charge is 0.391 e. The van der Waals surface area contributed by atoms with Crippen LogP contribution in [0.2, 0.25) is 0 Å². The number of carbonyl (C=O) groups excluding carboxylic acids is 1. The van der Waals surface area contributed by atoms with Crippen molar-refractivity contribution in [2.75, 3.05) is 6.54 Å². The van der Waals surface area contributed by atoms with Crippen LogP contribution in [0.1, 0.15) is 46.0 Å². The van der Waals surface area contributed by atoms with E-state index in [1.165, 1.54) is 0 Å². The molecule has 0 saturated heterocycles. The summed E-state index contributed by atoms with van der Waals surface area (Å²) in [6.45, 7) is 4.90. The van der Waals surface area contributed by atoms with Gasteiger partial charge >= 0.3 is 0 Å². The molecule has 3 N–H and O–H groups in total. The van der Waals surface area contributed by atoms with E-state index in [9.17, 15) is 9.90 Å². The van der Waals surface area contributed by atoms with Crippen molar-refractivity contribution >= 4 is 5.91 Å². The van der Waals surface area contributed by atoms with Crippen molar-refractivity contribution in [2.45, 2.75) is 64.1 Å². The molecule has 16 heavy (non-hydrogen) atoms. The number of aliphatic hydroxyl groups is 1. The van der Waals surface area contributed by atoms with Crippen LogP contribution in [0, 0.1) is 0 Å². The van der Waals surface area contributed by atoms with Gasteiger partial charge in [0, 0.05) is 12.5 Å². The summed E-state index contributed by atoms with van der Waals surface area (Å²) in [5.41, 5.74) is 0. The van der Waals surface area contributed by atoms with Gasteiger partial charge in [-0.05, 0) is 26.3 Å². The summed E-state index contributed by atoms with van der Waals surface area (Å²) >= 11 is 0. The van der Waals surface area contributed by atoms with Crippen LogP contribution in [0.25, 0.3) is 0 Å². The van der Waals surface area contributed by atoms with Crippen molar-refractivity contribution in [1.29, 1.82) is 0 Å². The molecule has 1 unspecified atom stereocenters. The topological polar surface area (TPSA) is 61.4 Å². The summed E-state index contributed by atoms with van der Waals surface area (Å²) in [6, 6.07) is 0.167. The highest BCUT2D eigenvalue weighted by molar-refractivity contribution is 5.76. The Balaban J connectivity index is 2.27. The molecular weight excluding hydrogens is 204 g/mol. The molecule has 0 radical (unpaired) electrons. The number of hydrogen-bond donors (Lipinski definition) is 3. The van der Waals surface area contributed by atoms with E-state index in [4.69, 9.17) is 0 Å². The Morgan fingerprint density at radius 1 is 1.44 bits per heavy atom. The Morgan fingerprint density at radius 2 is 2.12 bits per heavy atom. The van der Waals surface area contributed by atoms with Gasteiger partial charge in [0.2, 0.25) is 5.91 Å². The molecular formula is C12H24N2O2. The van der Waals surface area contributed by atoms with E-state index < -0.39 is 0 Å². The van der Waals surface area contributed by atoms with Crippen LogP contribution in [-0.2, 0) is 4.79 Å². The summed E-state index contributed by atoms with van der Waals surface area (Å²) in [5, 5.41) is 15.9. The number of carbonyl (C=O) groups is 1. The summed E-state index contributed by atoms with van der Waals surface area (Å²) in [5.74, 6) is 0.0411. The molecule has 94 valence electrons. The number of nitrogens with one attached hydrogen (secondary N) is 2. The lowest BCUT2D eigenvalue weighted by atomic mass is 9.92. The van der Waals surface area contributed by atoms with E-state index in [1.807, 2.05) is 13.8 Å². The molecule has 0 heterocycles. The van der Waals surface area contributed by atoms with Crippen LogP contribution in [0.4, 0.5) is 0 Å². The first-order valence-corrected chi connectivity index (χ1v) is 6.34. The van der Waals surface area contributed by atoms with E-state index in [0.717, 1.165) is 32.2 Å². The summed E-state index contributed by atoms with van der Waals surface area (Å²) in [4.78, 5) is 11.7. The fourth-order valence-electron chi connectivity index (χ4n) is 2.24. The average molecular weight is 228 g/mol. The number of hydrogen-bond acceptors (Lipinski definition) is 3. The highest BCUT2D eigenvalue weighted by Crippen LogP contribution is 2.18. The van der Waals surface area contributed by atoms with Crippen molar-refractivity contribution in [3.63, 3.8) is 0 Å². The van der Waals surface area contributed by atoms with Gasteiger partial charge in [-0.3, -0.25) is 4.79 Å². The Bertz CT molecular complexity index is 221. The fraction of sp³-hybridized carbons (Fsp3) is 0.917. The third-order valence-electron chi connectivity index (χ3n) is 3.12. The second-order valence-electron chi connectivity index (χ2n) is 4.69. The second kappa shape index (κ2) is 6.86. The lowest BCUT2D eigenvalue weighted by molar-refractivity contribution is -0.123. The first-order chi connectivity index (χ1) is 7.63. The Hall–Kier alpha value is -0.610. The maximum atomic E-state index is 11.7. The van der Waals surface area contributed by atoms with Gasteiger partial charge in [-0.1, -0.05) is 19.8 Å². The lowest BCUT2D eigenvalue weighted by Gasteiger charge is -2.28. The van der Waals surface area contributed by atoms with Gasteiger partial charge in [0.25, 0.3) is 0 Å². The minimum Gasteiger partial charge on any atom is -0.391 e. The molecule has 1 amide bonds. The highest BCUT2D eigenvalue weighted by Gasteiger charge is 2.24. The van der Waals surface area contributed by atoms with Crippen molar-refractivity contribution in [3.05, 3.63) is 0 Å². The third-order valence-corrected chi connectivity index (χ3v) is 3.12. The minimum atomic E-state index is -0.354. The van der Waals surface area contributed by atoms with Gasteiger partial charge in [-0.25, -0.2) is 0 Å². The molecule has 1 aliphatic carbocycles. The van der Waals surface area contributed by atoms with E-state index in [2.05, 4.69) is 10.6 Å². The van der Waals surface area contributed by atoms with Gasteiger partial charge in [0.05, 0.1) is 12.1 Å². The van der Waals surface area contributed by atoms with E-state index in [0.29, 0.717) is 6.42 Å².